The van der Waals surface area contributed by atoms with E-state index >= 15 is 0 Å². The second kappa shape index (κ2) is 58.2. The second-order valence-electron chi connectivity index (χ2n) is 23.2. The Bertz CT molecular complexity index is 1660. The second-order valence-corrected chi connectivity index (χ2v) is 23.2. The number of ether oxygens (including phenoxy) is 3. The number of nitrogens with one attached hydrogen (secondary N) is 1. The Hall–Kier alpha value is -3.16. The van der Waals surface area contributed by atoms with Crippen molar-refractivity contribution >= 4 is 11.9 Å². The van der Waals surface area contributed by atoms with Gasteiger partial charge in [0.15, 0.2) is 12.4 Å². The van der Waals surface area contributed by atoms with Crippen LogP contribution in [0.15, 0.2) is 85.1 Å². The molecule has 1 fully saturated rings. The number of carbonyl (C=O) groups is 2. The number of aliphatic hydroxyl groups excluding tert-OH is 5. The van der Waals surface area contributed by atoms with Crippen LogP contribution in [0.5, 0.6) is 0 Å². The summed E-state index contributed by atoms with van der Waals surface area (Å²) in [6.07, 6.45) is 66.4. The van der Waals surface area contributed by atoms with Crippen LogP contribution in [-0.4, -0.2) is 99.6 Å². The molecule has 0 spiro atoms. The van der Waals surface area contributed by atoms with Crippen LogP contribution in [-0.2, 0) is 23.8 Å². The Morgan fingerprint density at radius 3 is 1.32 bits per heavy atom. The molecule has 1 aliphatic heterocycles. The number of carbonyl (C=O) groups excluding carboxylic acids is 2. The molecule has 8 unspecified atom stereocenters. The predicted octanol–water partition coefficient (Wildman–Crippen LogP) is 16.9. The van der Waals surface area contributed by atoms with E-state index in [0.29, 0.717) is 12.8 Å². The Labute approximate surface area is 502 Å². The monoisotopic (exact) mass is 1150 g/mol. The van der Waals surface area contributed by atoms with Gasteiger partial charge in [-0.15, -0.1) is 0 Å². The lowest BCUT2D eigenvalue weighted by Crippen LogP contribution is -2.61. The van der Waals surface area contributed by atoms with E-state index in [0.717, 1.165) is 77.0 Å². The van der Waals surface area contributed by atoms with Crippen LogP contribution in [0.2, 0.25) is 0 Å². The molecule has 0 aliphatic carbocycles. The number of rotatable bonds is 57. The zero-order chi connectivity index (χ0) is 59.6. The van der Waals surface area contributed by atoms with Gasteiger partial charge in [-0.3, -0.25) is 9.59 Å². The van der Waals surface area contributed by atoms with Crippen LogP contribution >= 0.6 is 0 Å². The Kier molecular flexibility index (Phi) is 54.6. The van der Waals surface area contributed by atoms with Crippen molar-refractivity contribution in [1.29, 1.82) is 0 Å². The highest BCUT2D eigenvalue weighted by Crippen LogP contribution is 2.26. The number of allylic oxidation sites excluding steroid dienone is 13. The van der Waals surface area contributed by atoms with Crippen molar-refractivity contribution in [2.75, 3.05) is 13.2 Å². The maximum absolute atomic E-state index is 13.4. The molecule has 6 N–H and O–H groups in total. The fraction of sp³-hybridized carbons (Fsp3) is 0.775. The van der Waals surface area contributed by atoms with Crippen molar-refractivity contribution in [1.82, 2.24) is 5.32 Å². The number of hydrogen-bond acceptors (Lipinski definition) is 10. The summed E-state index contributed by atoms with van der Waals surface area (Å²) < 4.78 is 17.6. The third kappa shape index (κ3) is 45.2. The molecular formula is C71H125NO10. The summed E-state index contributed by atoms with van der Waals surface area (Å²) in [6.45, 7) is 5.65. The topological polar surface area (TPSA) is 175 Å². The van der Waals surface area contributed by atoms with Crippen molar-refractivity contribution < 1.29 is 49.3 Å². The quantitative estimate of drug-likeness (QED) is 0.0195. The first-order valence-electron chi connectivity index (χ1n) is 33.9. The van der Waals surface area contributed by atoms with Gasteiger partial charge in [-0.2, -0.15) is 0 Å². The van der Waals surface area contributed by atoms with E-state index in [2.05, 4.69) is 86.8 Å². The number of amides is 1. The van der Waals surface area contributed by atoms with Crippen LogP contribution in [0.4, 0.5) is 0 Å². The lowest BCUT2D eigenvalue weighted by molar-refractivity contribution is -0.305. The van der Waals surface area contributed by atoms with Crippen LogP contribution in [0.1, 0.15) is 290 Å². The average molecular weight is 1150 g/mol. The highest BCUT2D eigenvalue weighted by Gasteiger charge is 2.47. The van der Waals surface area contributed by atoms with E-state index in [1.54, 1.807) is 6.08 Å². The molecular weight excluding hydrogens is 1030 g/mol. The van der Waals surface area contributed by atoms with Gasteiger partial charge in [0.1, 0.15) is 24.4 Å². The lowest BCUT2D eigenvalue weighted by Gasteiger charge is -2.41. The summed E-state index contributed by atoms with van der Waals surface area (Å²) in [4.78, 5) is 26.6. The zero-order valence-electron chi connectivity index (χ0n) is 52.6. The minimum absolute atomic E-state index is 0.116. The van der Waals surface area contributed by atoms with E-state index in [4.69, 9.17) is 14.2 Å². The summed E-state index contributed by atoms with van der Waals surface area (Å²) in [5.74, 6) is -1.25. The molecule has 474 valence electrons. The minimum Gasteiger partial charge on any atom is -0.454 e. The van der Waals surface area contributed by atoms with E-state index in [1.807, 2.05) is 18.2 Å². The van der Waals surface area contributed by atoms with E-state index < -0.39 is 67.4 Å². The Morgan fingerprint density at radius 2 is 0.878 bits per heavy atom. The zero-order valence-corrected chi connectivity index (χ0v) is 52.6. The normalized spacial score (nSPS) is 19.1. The van der Waals surface area contributed by atoms with Crippen LogP contribution in [0.3, 0.4) is 0 Å². The van der Waals surface area contributed by atoms with E-state index in [9.17, 15) is 35.1 Å². The molecule has 0 aromatic rings. The van der Waals surface area contributed by atoms with Gasteiger partial charge in [-0.05, 0) is 89.9 Å². The van der Waals surface area contributed by atoms with Gasteiger partial charge in [0, 0.05) is 6.42 Å². The third-order valence-corrected chi connectivity index (χ3v) is 15.5. The number of unbranched alkanes of at least 4 members (excludes halogenated alkanes) is 31. The molecule has 0 aromatic carbocycles. The summed E-state index contributed by atoms with van der Waals surface area (Å²) in [6, 6.07) is -1.06. The van der Waals surface area contributed by atoms with E-state index in [1.165, 1.54) is 167 Å². The standard InChI is InChI=1S/C71H125NO10/c1-4-7-10-13-16-19-22-25-27-29-30-31-32-33-34-35-36-37-39-41-44-47-50-53-56-59-66(76)82-69-68(78)67(77)65(60-73)81-71(69)80-61-62(63(74)57-54-51-48-45-42-24-21-18-15-12-9-6-3)72-70(79)64(75)58-55-52-49-46-43-40-38-28-26-23-20-17-14-11-8-5-2/h8,11,17,20,25-28,40,43,49,52,54,57,62-65,67-69,71,73-75,77-78H,4-7,9-10,12-16,18-19,21-24,29-39,41-42,44-48,50-51,53,55-56,58-61H2,1-3H3,(H,72,79)/b11-8-,20-17-,27-25+,28-26-,43-40-,52-49-,57-54+. The molecule has 0 bridgehead atoms. The summed E-state index contributed by atoms with van der Waals surface area (Å²) in [7, 11) is 0. The molecule has 1 amide bonds. The third-order valence-electron chi connectivity index (χ3n) is 15.5. The summed E-state index contributed by atoms with van der Waals surface area (Å²) in [5.41, 5.74) is 0. The van der Waals surface area contributed by atoms with Gasteiger partial charge in [-0.1, -0.05) is 279 Å². The number of hydrogen-bond donors (Lipinski definition) is 6. The average Bonchev–Trinajstić information content (AvgIpc) is 3.68. The first kappa shape index (κ1) is 76.9. The Morgan fingerprint density at radius 1 is 0.488 bits per heavy atom. The van der Waals surface area contributed by atoms with Crippen molar-refractivity contribution in [2.45, 2.75) is 339 Å². The lowest BCUT2D eigenvalue weighted by atomic mass is 9.99. The molecule has 0 saturated carbocycles. The van der Waals surface area contributed by atoms with Gasteiger partial charge >= 0.3 is 5.97 Å². The predicted molar refractivity (Wildman–Crippen MR) is 342 cm³/mol. The fourth-order valence-electron chi connectivity index (χ4n) is 10.2. The van der Waals surface area contributed by atoms with Gasteiger partial charge in [0.2, 0.25) is 5.91 Å². The van der Waals surface area contributed by atoms with Crippen LogP contribution in [0.25, 0.3) is 0 Å². The molecule has 1 aliphatic rings. The van der Waals surface area contributed by atoms with Crippen molar-refractivity contribution in [3.63, 3.8) is 0 Å². The highest BCUT2D eigenvalue weighted by atomic mass is 16.7. The number of aliphatic hydroxyl groups is 5. The maximum atomic E-state index is 13.4. The largest absolute Gasteiger partial charge is 0.454 e. The van der Waals surface area contributed by atoms with Gasteiger partial charge in [0.25, 0.3) is 0 Å². The highest BCUT2D eigenvalue weighted by molar-refractivity contribution is 5.80. The van der Waals surface area contributed by atoms with Gasteiger partial charge in [-0.25, -0.2) is 0 Å². The SMILES string of the molecule is CC/C=C\C/C=C\C/C=C\C/C=C\C/C=C\CCC(O)C(=O)NC(COC1OC(CO)C(O)C(O)C1OC(=O)CCCCCCCCCCCCCCCCC/C=C/CCCCCCCC)C(O)/C=C/CCCCCCCCCCCC. The fourth-order valence-corrected chi connectivity index (χ4v) is 10.2. The van der Waals surface area contributed by atoms with Crippen molar-refractivity contribution in [3.05, 3.63) is 85.1 Å². The molecule has 8 atom stereocenters. The van der Waals surface area contributed by atoms with Crippen LogP contribution in [0, 0.1) is 0 Å². The summed E-state index contributed by atoms with van der Waals surface area (Å²) >= 11 is 0. The first-order chi connectivity index (χ1) is 40.2. The molecule has 82 heavy (non-hydrogen) atoms. The summed E-state index contributed by atoms with van der Waals surface area (Å²) in [5, 5.41) is 57.0. The Balaban J connectivity index is 2.60. The smallest absolute Gasteiger partial charge is 0.306 e. The molecule has 0 aromatic heterocycles. The van der Waals surface area contributed by atoms with Crippen molar-refractivity contribution in [3.8, 4) is 0 Å². The van der Waals surface area contributed by atoms with Gasteiger partial charge < -0.3 is 45.1 Å². The molecule has 1 heterocycles. The minimum atomic E-state index is -1.63. The first-order valence-corrected chi connectivity index (χ1v) is 33.9. The maximum Gasteiger partial charge on any atom is 0.306 e. The molecule has 1 rings (SSSR count). The van der Waals surface area contributed by atoms with E-state index in [-0.39, 0.29) is 19.4 Å². The number of esters is 1. The molecule has 11 nitrogen and oxygen atoms in total. The molecule has 0 radical (unpaired) electrons. The molecule has 11 heteroatoms. The van der Waals surface area contributed by atoms with Crippen LogP contribution < -0.4 is 5.32 Å². The van der Waals surface area contributed by atoms with Gasteiger partial charge in [0.05, 0.1) is 25.4 Å². The molecule has 1 saturated heterocycles. The van der Waals surface area contributed by atoms with Crippen molar-refractivity contribution in [2.24, 2.45) is 0 Å².